The van der Waals surface area contributed by atoms with Gasteiger partial charge < -0.3 is 15.4 Å². The van der Waals surface area contributed by atoms with Crippen molar-refractivity contribution >= 4 is 62.5 Å². The summed E-state index contributed by atoms with van der Waals surface area (Å²) in [6.07, 6.45) is 0. The summed E-state index contributed by atoms with van der Waals surface area (Å²) in [7, 11) is 1.58. The third kappa shape index (κ3) is 5.89. The van der Waals surface area contributed by atoms with Crippen LogP contribution in [-0.4, -0.2) is 24.8 Å². The summed E-state index contributed by atoms with van der Waals surface area (Å²) in [5.74, 6) is -0.412. The van der Waals surface area contributed by atoms with E-state index in [4.69, 9.17) is 4.74 Å². The third-order valence-corrected chi connectivity index (χ3v) is 7.47. The fraction of sp³-hybridized carbons (Fsp3) is 0.0333. The van der Waals surface area contributed by atoms with Gasteiger partial charge in [-0.25, -0.2) is 4.90 Å². The van der Waals surface area contributed by atoms with Crippen molar-refractivity contribution in [2.45, 2.75) is 4.90 Å². The smallest absolute Gasteiger partial charge is 0.283 e. The van der Waals surface area contributed by atoms with Crippen molar-refractivity contribution in [2.24, 2.45) is 0 Å². The zero-order valence-electron chi connectivity index (χ0n) is 20.7. The Morgan fingerprint density at radius 1 is 0.795 bits per heavy atom. The van der Waals surface area contributed by atoms with E-state index in [1.165, 1.54) is 16.7 Å². The van der Waals surface area contributed by atoms with Crippen molar-refractivity contribution in [1.82, 2.24) is 0 Å². The maximum Gasteiger partial charge on any atom is 0.283 e. The predicted octanol–water partition coefficient (Wildman–Crippen LogP) is 6.70. The summed E-state index contributed by atoms with van der Waals surface area (Å²) < 4.78 is 6.10. The quantitative estimate of drug-likeness (QED) is 0.219. The van der Waals surface area contributed by atoms with E-state index in [0.717, 1.165) is 9.37 Å². The summed E-state index contributed by atoms with van der Waals surface area (Å²) in [5, 5.41) is 6.00. The van der Waals surface area contributed by atoms with Crippen LogP contribution >= 0.6 is 27.7 Å². The molecule has 1 heterocycles. The molecule has 5 rings (SSSR count). The van der Waals surface area contributed by atoms with Crippen LogP contribution in [0.4, 0.5) is 17.1 Å². The topological polar surface area (TPSA) is 87.7 Å². The molecule has 39 heavy (non-hydrogen) atoms. The number of thioether (sulfide) groups is 1. The van der Waals surface area contributed by atoms with Gasteiger partial charge in [0.25, 0.3) is 17.7 Å². The molecule has 194 valence electrons. The lowest BCUT2D eigenvalue weighted by atomic mass is 10.2. The molecule has 2 N–H and O–H groups in total. The summed E-state index contributed by atoms with van der Waals surface area (Å²) in [4.78, 5) is 41.7. The number of benzene rings is 4. The van der Waals surface area contributed by atoms with Gasteiger partial charge in [0.1, 0.15) is 16.4 Å². The van der Waals surface area contributed by atoms with Gasteiger partial charge in [-0.2, -0.15) is 0 Å². The molecule has 3 amide bonds. The summed E-state index contributed by atoms with van der Waals surface area (Å²) in [6.45, 7) is 0. The van der Waals surface area contributed by atoms with E-state index in [-0.39, 0.29) is 16.5 Å². The number of imide groups is 1. The van der Waals surface area contributed by atoms with Crippen LogP contribution in [0.5, 0.6) is 5.75 Å². The number of carbonyl (C=O) groups excluding carboxylic acids is 3. The Kier molecular flexibility index (Phi) is 7.81. The van der Waals surface area contributed by atoms with E-state index >= 15 is 0 Å². The molecule has 0 saturated carbocycles. The fourth-order valence-electron chi connectivity index (χ4n) is 3.87. The van der Waals surface area contributed by atoms with Gasteiger partial charge in [-0.15, -0.1) is 0 Å². The van der Waals surface area contributed by atoms with Crippen LogP contribution in [0.2, 0.25) is 0 Å². The fourth-order valence-corrected chi connectivity index (χ4v) is 5.06. The molecule has 4 aromatic carbocycles. The molecule has 9 heteroatoms. The highest BCUT2D eigenvalue weighted by Gasteiger charge is 2.40. The third-order valence-electron chi connectivity index (χ3n) is 5.85. The second-order valence-corrected chi connectivity index (χ2v) is 10.4. The largest absolute Gasteiger partial charge is 0.497 e. The van der Waals surface area contributed by atoms with Crippen LogP contribution in [0.15, 0.2) is 123 Å². The Balaban J connectivity index is 1.39. The molecule has 0 fully saturated rings. The van der Waals surface area contributed by atoms with E-state index in [1.54, 1.807) is 104 Å². The average molecular weight is 600 g/mol. The molecule has 0 aromatic heterocycles. The highest BCUT2D eigenvalue weighted by molar-refractivity contribution is 9.10. The molecule has 0 spiro atoms. The van der Waals surface area contributed by atoms with Gasteiger partial charge >= 0.3 is 0 Å². The van der Waals surface area contributed by atoms with Crippen LogP contribution in [0.25, 0.3) is 0 Å². The molecule has 0 saturated heterocycles. The maximum atomic E-state index is 13.5. The van der Waals surface area contributed by atoms with E-state index in [9.17, 15) is 14.4 Å². The number of amides is 3. The molecule has 1 aliphatic rings. The van der Waals surface area contributed by atoms with E-state index < -0.39 is 11.8 Å². The number of rotatable bonds is 8. The number of ether oxygens (including phenoxy) is 1. The lowest BCUT2D eigenvalue weighted by Crippen LogP contribution is -2.32. The standard InChI is InChI=1S/C30H22BrN3O4S/c1-38-24-15-11-21(12-16-24)32-26-27(30(37)34(29(26)36)23-5-3-2-4-6-23)39-25-17-13-22(14-18-25)33-28(35)19-7-9-20(31)10-8-19/h2-18,32H,1H3,(H,33,35). The first-order chi connectivity index (χ1) is 18.9. The Morgan fingerprint density at radius 2 is 1.44 bits per heavy atom. The van der Waals surface area contributed by atoms with E-state index in [0.29, 0.717) is 28.4 Å². The summed E-state index contributed by atoms with van der Waals surface area (Å²) in [5.41, 5.74) is 2.46. The monoisotopic (exact) mass is 599 g/mol. The number of hydrogen-bond donors (Lipinski definition) is 2. The van der Waals surface area contributed by atoms with Gasteiger partial charge in [-0.1, -0.05) is 45.9 Å². The van der Waals surface area contributed by atoms with Crippen molar-refractivity contribution in [3.05, 3.63) is 124 Å². The number of hydrogen-bond acceptors (Lipinski definition) is 6. The van der Waals surface area contributed by atoms with Gasteiger partial charge in [0, 0.05) is 26.3 Å². The van der Waals surface area contributed by atoms with Gasteiger partial charge in [-0.05, 0) is 84.9 Å². The molecule has 0 atom stereocenters. The Labute approximate surface area is 238 Å². The van der Waals surface area contributed by atoms with Crippen LogP contribution in [0, 0.1) is 0 Å². The normalized spacial score (nSPS) is 13.0. The van der Waals surface area contributed by atoms with Crippen LogP contribution in [-0.2, 0) is 9.59 Å². The second kappa shape index (κ2) is 11.6. The Morgan fingerprint density at radius 3 is 2.08 bits per heavy atom. The molecule has 4 aromatic rings. The highest BCUT2D eigenvalue weighted by atomic mass is 79.9. The van der Waals surface area contributed by atoms with Crippen molar-refractivity contribution in [1.29, 1.82) is 0 Å². The minimum atomic E-state index is -0.442. The average Bonchev–Trinajstić information content (AvgIpc) is 3.19. The Hall–Kier alpha value is -4.34. The predicted molar refractivity (Wildman–Crippen MR) is 157 cm³/mol. The van der Waals surface area contributed by atoms with Crippen LogP contribution in [0.1, 0.15) is 10.4 Å². The number of nitrogens with zero attached hydrogens (tertiary/aromatic N) is 1. The second-order valence-electron chi connectivity index (χ2n) is 8.43. The lowest BCUT2D eigenvalue weighted by Gasteiger charge is -2.15. The van der Waals surface area contributed by atoms with Crippen molar-refractivity contribution in [2.75, 3.05) is 22.6 Å². The number of methoxy groups -OCH3 is 1. The number of carbonyl (C=O) groups is 3. The number of anilines is 3. The molecule has 0 aliphatic carbocycles. The molecular formula is C30H22BrN3O4S. The van der Waals surface area contributed by atoms with Crippen molar-refractivity contribution in [3.63, 3.8) is 0 Å². The number of nitrogens with one attached hydrogen (secondary N) is 2. The summed E-state index contributed by atoms with van der Waals surface area (Å²) >= 11 is 4.55. The van der Waals surface area contributed by atoms with Crippen LogP contribution in [0.3, 0.4) is 0 Å². The zero-order chi connectivity index (χ0) is 27.4. The van der Waals surface area contributed by atoms with E-state index in [2.05, 4.69) is 26.6 Å². The van der Waals surface area contributed by atoms with E-state index in [1.807, 2.05) is 6.07 Å². The van der Waals surface area contributed by atoms with Crippen LogP contribution < -0.4 is 20.3 Å². The molecule has 7 nitrogen and oxygen atoms in total. The Bertz CT molecular complexity index is 1560. The number of halogens is 1. The zero-order valence-corrected chi connectivity index (χ0v) is 23.1. The first kappa shape index (κ1) is 26.3. The molecule has 0 unspecified atom stereocenters. The molecule has 0 bridgehead atoms. The minimum Gasteiger partial charge on any atom is -0.497 e. The van der Waals surface area contributed by atoms with Gasteiger partial charge in [0.15, 0.2) is 0 Å². The highest BCUT2D eigenvalue weighted by Crippen LogP contribution is 2.38. The number of para-hydroxylation sites is 1. The van der Waals surface area contributed by atoms with Crippen molar-refractivity contribution < 1.29 is 19.1 Å². The van der Waals surface area contributed by atoms with Gasteiger partial charge in [0.2, 0.25) is 0 Å². The first-order valence-corrected chi connectivity index (χ1v) is 13.5. The molecule has 1 aliphatic heterocycles. The first-order valence-electron chi connectivity index (χ1n) is 11.9. The lowest BCUT2D eigenvalue weighted by molar-refractivity contribution is -0.120. The molecular weight excluding hydrogens is 578 g/mol. The van der Waals surface area contributed by atoms with Gasteiger partial charge in [-0.3, -0.25) is 14.4 Å². The molecule has 0 radical (unpaired) electrons. The van der Waals surface area contributed by atoms with Gasteiger partial charge in [0.05, 0.1) is 12.8 Å². The van der Waals surface area contributed by atoms with Crippen molar-refractivity contribution in [3.8, 4) is 5.75 Å². The SMILES string of the molecule is COc1ccc(NC2=C(Sc3ccc(NC(=O)c4ccc(Br)cc4)cc3)C(=O)N(c3ccccc3)C2=O)cc1. The summed E-state index contributed by atoms with van der Waals surface area (Å²) in [6, 6.07) is 30.1. The minimum absolute atomic E-state index is 0.187. The maximum absolute atomic E-state index is 13.5.